The van der Waals surface area contributed by atoms with E-state index in [2.05, 4.69) is 5.32 Å². The molecule has 2 rings (SSSR count). The fraction of sp³-hybridized carbons (Fsp3) is 0.278. The van der Waals surface area contributed by atoms with Crippen molar-refractivity contribution >= 4 is 38.9 Å². The maximum Gasteiger partial charge on any atom is 0.245 e. The second kappa shape index (κ2) is 7.97. The van der Waals surface area contributed by atoms with Crippen molar-refractivity contribution in [2.45, 2.75) is 13.8 Å². The molecule has 8 heteroatoms. The summed E-state index contributed by atoms with van der Waals surface area (Å²) < 4.78 is 30.7. The van der Waals surface area contributed by atoms with E-state index in [0.717, 1.165) is 21.7 Å². The molecular weight excluding hydrogens is 376 g/mol. The minimum atomic E-state index is -3.74. The van der Waals surface area contributed by atoms with Crippen LogP contribution in [-0.4, -0.2) is 34.2 Å². The van der Waals surface area contributed by atoms with Crippen LogP contribution < -0.4 is 14.4 Å². The van der Waals surface area contributed by atoms with E-state index < -0.39 is 22.5 Å². The molecule has 0 aliphatic heterocycles. The highest BCUT2D eigenvalue weighted by molar-refractivity contribution is 7.92. The smallest absolute Gasteiger partial charge is 0.245 e. The van der Waals surface area contributed by atoms with E-state index in [4.69, 9.17) is 16.3 Å². The number of anilines is 2. The standard InChI is InChI=1S/C18H21ClN2O4S/c1-12-6-5-7-15(13(12)2)20-18(22)11-21(26(4,23)24)16-10-14(19)8-9-17(16)25-3/h5-10H,11H2,1-4H3,(H,20,22). The van der Waals surface area contributed by atoms with Crippen LogP contribution in [0.25, 0.3) is 0 Å². The molecule has 26 heavy (non-hydrogen) atoms. The Morgan fingerprint density at radius 2 is 1.92 bits per heavy atom. The largest absolute Gasteiger partial charge is 0.495 e. The van der Waals surface area contributed by atoms with Crippen molar-refractivity contribution in [1.82, 2.24) is 0 Å². The Hall–Kier alpha value is -2.25. The summed E-state index contributed by atoms with van der Waals surface area (Å²) in [5.74, 6) is -0.162. The van der Waals surface area contributed by atoms with Crippen molar-refractivity contribution in [2.75, 3.05) is 29.5 Å². The van der Waals surface area contributed by atoms with Gasteiger partial charge in [-0.2, -0.15) is 0 Å². The monoisotopic (exact) mass is 396 g/mol. The average molecular weight is 397 g/mol. The number of nitrogens with zero attached hydrogens (tertiary/aromatic N) is 1. The van der Waals surface area contributed by atoms with Gasteiger partial charge >= 0.3 is 0 Å². The van der Waals surface area contributed by atoms with E-state index in [-0.39, 0.29) is 5.69 Å². The Bertz CT molecular complexity index is 929. The van der Waals surface area contributed by atoms with Crippen LogP contribution in [0.5, 0.6) is 5.75 Å². The summed E-state index contributed by atoms with van der Waals surface area (Å²) in [6.45, 7) is 3.42. The third-order valence-corrected chi connectivity index (χ3v) is 5.34. The highest BCUT2D eigenvalue weighted by Gasteiger charge is 2.24. The molecule has 1 amide bonds. The summed E-state index contributed by atoms with van der Waals surface area (Å²) in [5.41, 5.74) is 2.80. The zero-order chi connectivity index (χ0) is 19.5. The summed E-state index contributed by atoms with van der Waals surface area (Å²) in [7, 11) is -2.32. The van der Waals surface area contributed by atoms with Gasteiger partial charge < -0.3 is 10.1 Å². The number of nitrogens with one attached hydrogen (secondary N) is 1. The summed E-state index contributed by atoms with van der Waals surface area (Å²) >= 11 is 5.99. The first-order valence-corrected chi connectivity index (χ1v) is 10.0. The first-order valence-electron chi connectivity index (χ1n) is 7.81. The molecule has 0 aliphatic rings. The summed E-state index contributed by atoms with van der Waals surface area (Å²) in [5, 5.41) is 3.09. The molecule has 0 saturated carbocycles. The van der Waals surface area contributed by atoms with Crippen LogP contribution >= 0.6 is 11.6 Å². The van der Waals surface area contributed by atoms with Gasteiger partial charge in [0.1, 0.15) is 12.3 Å². The summed E-state index contributed by atoms with van der Waals surface area (Å²) in [6, 6.07) is 10.1. The summed E-state index contributed by atoms with van der Waals surface area (Å²) in [4.78, 5) is 12.5. The van der Waals surface area contributed by atoms with Crippen molar-refractivity contribution in [3.63, 3.8) is 0 Å². The van der Waals surface area contributed by atoms with Gasteiger partial charge in [0.05, 0.1) is 19.1 Å². The second-order valence-corrected chi connectivity index (χ2v) is 8.22. The Labute approximate surface area is 158 Å². The topological polar surface area (TPSA) is 75.7 Å². The van der Waals surface area contributed by atoms with Crippen molar-refractivity contribution in [3.8, 4) is 5.75 Å². The molecule has 0 unspecified atom stereocenters. The number of amides is 1. The molecule has 2 aromatic rings. The molecule has 0 bridgehead atoms. The zero-order valence-electron chi connectivity index (χ0n) is 15.0. The van der Waals surface area contributed by atoms with Crippen molar-refractivity contribution in [3.05, 3.63) is 52.5 Å². The molecule has 1 N–H and O–H groups in total. The minimum absolute atomic E-state index is 0.207. The Morgan fingerprint density at radius 3 is 2.54 bits per heavy atom. The van der Waals surface area contributed by atoms with E-state index in [9.17, 15) is 13.2 Å². The number of benzene rings is 2. The third kappa shape index (κ3) is 4.68. The Balaban J connectivity index is 2.34. The maximum absolute atomic E-state index is 12.5. The van der Waals surface area contributed by atoms with E-state index in [1.165, 1.54) is 13.2 Å². The lowest BCUT2D eigenvalue weighted by Crippen LogP contribution is -2.37. The van der Waals surface area contributed by atoms with Gasteiger partial charge in [-0.05, 0) is 49.2 Å². The van der Waals surface area contributed by atoms with Gasteiger partial charge in [-0.15, -0.1) is 0 Å². The lowest BCUT2D eigenvalue weighted by atomic mass is 10.1. The van der Waals surface area contributed by atoms with Crippen LogP contribution in [0, 0.1) is 13.8 Å². The lowest BCUT2D eigenvalue weighted by Gasteiger charge is -2.24. The lowest BCUT2D eigenvalue weighted by molar-refractivity contribution is -0.114. The van der Waals surface area contributed by atoms with Crippen LogP contribution in [-0.2, 0) is 14.8 Å². The predicted molar refractivity (Wildman–Crippen MR) is 105 cm³/mol. The van der Waals surface area contributed by atoms with Gasteiger partial charge in [-0.25, -0.2) is 8.42 Å². The van der Waals surface area contributed by atoms with Gasteiger partial charge in [0, 0.05) is 10.7 Å². The van der Waals surface area contributed by atoms with E-state index in [0.29, 0.717) is 16.5 Å². The van der Waals surface area contributed by atoms with Crippen LogP contribution in [0.2, 0.25) is 5.02 Å². The highest BCUT2D eigenvalue weighted by Crippen LogP contribution is 2.32. The number of halogens is 1. The number of carbonyl (C=O) groups is 1. The normalized spacial score (nSPS) is 11.1. The molecule has 0 spiro atoms. The summed E-state index contributed by atoms with van der Waals surface area (Å²) in [6.07, 6.45) is 1.03. The van der Waals surface area contributed by atoms with Gasteiger partial charge in [0.15, 0.2) is 0 Å². The van der Waals surface area contributed by atoms with E-state index in [1.54, 1.807) is 18.2 Å². The highest BCUT2D eigenvalue weighted by atomic mass is 35.5. The van der Waals surface area contributed by atoms with Gasteiger partial charge in [-0.1, -0.05) is 23.7 Å². The van der Waals surface area contributed by atoms with Crippen LogP contribution in [0.4, 0.5) is 11.4 Å². The van der Waals surface area contributed by atoms with Gasteiger partial charge in [0.2, 0.25) is 15.9 Å². The molecular formula is C18H21ClN2O4S. The fourth-order valence-electron chi connectivity index (χ4n) is 2.45. The first kappa shape index (κ1) is 20.1. The predicted octanol–water partition coefficient (Wildman–Crippen LogP) is 3.37. The fourth-order valence-corrected chi connectivity index (χ4v) is 3.46. The van der Waals surface area contributed by atoms with Gasteiger partial charge in [0.25, 0.3) is 0 Å². The number of aryl methyl sites for hydroxylation is 1. The molecule has 0 aromatic heterocycles. The quantitative estimate of drug-likeness (QED) is 0.812. The Kier molecular flexibility index (Phi) is 6.15. The molecule has 2 aromatic carbocycles. The number of rotatable bonds is 6. The zero-order valence-corrected chi connectivity index (χ0v) is 16.6. The van der Waals surface area contributed by atoms with E-state index >= 15 is 0 Å². The molecule has 140 valence electrons. The molecule has 0 fully saturated rings. The number of hydrogen-bond acceptors (Lipinski definition) is 4. The Morgan fingerprint density at radius 1 is 1.23 bits per heavy atom. The molecule has 0 heterocycles. The first-order chi connectivity index (χ1) is 12.1. The SMILES string of the molecule is COc1ccc(Cl)cc1N(CC(=O)Nc1cccc(C)c1C)S(C)(=O)=O. The van der Waals surface area contributed by atoms with E-state index in [1.807, 2.05) is 26.0 Å². The maximum atomic E-state index is 12.5. The van der Waals surface area contributed by atoms with Crippen molar-refractivity contribution in [2.24, 2.45) is 0 Å². The second-order valence-electron chi connectivity index (χ2n) is 5.88. The number of carbonyl (C=O) groups excluding carboxylic acids is 1. The number of hydrogen-bond donors (Lipinski definition) is 1. The van der Waals surface area contributed by atoms with Crippen LogP contribution in [0.15, 0.2) is 36.4 Å². The van der Waals surface area contributed by atoms with Gasteiger partial charge in [-0.3, -0.25) is 9.10 Å². The van der Waals surface area contributed by atoms with Crippen LogP contribution in [0.3, 0.4) is 0 Å². The van der Waals surface area contributed by atoms with Crippen LogP contribution in [0.1, 0.15) is 11.1 Å². The minimum Gasteiger partial charge on any atom is -0.495 e. The average Bonchev–Trinajstić information content (AvgIpc) is 2.56. The number of sulfonamides is 1. The number of ether oxygens (including phenoxy) is 1. The molecule has 6 nitrogen and oxygen atoms in total. The molecule has 0 aliphatic carbocycles. The molecule has 0 atom stereocenters. The van der Waals surface area contributed by atoms with Crippen molar-refractivity contribution < 1.29 is 17.9 Å². The number of methoxy groups -OCH3 is 1. The third-order valence-electron chi connectivity index (χ3n) is 3.98. The molecule has 0 saturated heterocycles. The molecule has 0 radical (unpaired) electrons. The van der Waals surface area contributed by atoms with Crippen molar-refractivity contribution in [1.29, 1.82) is 0 Å².